The van der Waals surface area contributed by atoms with E-state index in [4.69, 9.17) is 0 Å². The zero-order valence-electron chi connectivity index (χ0n) is 11.0. The van der Waals surface area contributed by atoms with E-state index in [-0.39, 0.29) is 18.2 Å². The molecule has 2 aliphatic heterocycles. The van der Waals surface area contributed by atoms with Crippen molar-refractivity contribution in [2.75, 3.05) is 7.05 Å². The number of hydrogen-bond acceptors (Lipinski definition) is 3. The summed E-state index contributed by atoms with van der Waals surface area (Å²) in [4.78, 5) is 37.0. The Morgan fingerprint density at radius 1 is 1.30 bits per heavy atom. The number of rotatable bonds is 2. The van der Waals surface area contributed by atoms with Gasteiger partial charge in [0, 0.05) is 18.5 Å². The number of amides is 3. The number of nitrogens with zero attached hydrogens (tertiary/aromatic N) is 2. The molecule has 3 rings (SSSR count). The van der Waals surface area contributed by atoms with E-state index in [0.29, 0.717) is 18.5 Å². The summed E-state index contributed by atoms with van der Waals surface area (Å²) in [5.74, 6) is -0.836. The molecule has 3 amide bonds. The van der Waals surface area contributed by atoms with Gasteiger partial charge in [0.2, 0.25) is 11.8 Å². The van der Waals surface area contributed by atoms with Crippen LogP contribution in [-0.2, 0) is 16.1 Å². The van der Waals surface area contributed by atoms with E-state index in [1.54, 1.807) is 19.2 Å². The van der Waals surface area contributed by atoms with Crippen molar-refractivity contribution in [1.82, 2.24) is 10.2 Å². The van der Waals surface area contributed by atoms with Gasteiger partial charge in [0.15, 0.2) is 0 Å². The fraction of sp³-hybridized carbons (Fsp3) is 0.357. The lowest BCUT2D eigenvalue weighted by Crippen LogP contribution is -2.52. The average Bonchev–Trinajstić information content (AvgIpc) is 2.76. The molecule has 1 saturated heterocycles. The van der Waals surface area contributed by atoms with E-state index in [0.717, 1.165) is 11.3 Å². The minimum atomic E-state index is -0.572. The highest BCUT2D eigenvalue weighted by Crippen LogP contribution is 2.34. The lowest BCUT2D eigenvalue weighted by atomic mass is 10.0. The summed E-state index contributed by atoms with van der Waals surface area (Å²) < 4.78 is 0. The summed E-state index contributed by atoms with van der Waals surface area (Å²) in [6.45, 7) is 0.369. The Morgan fingerprint density at radius 2 is 2.10 bits per heavy atom. The number of nitrogens with one attached hydrogen (secondary N) is 1. The Kier molecular flexibility index (Phi) is 2.93. The van der Waals surface area contributed by atoms with Crippen molar-refractivity contribution in [3.63, 3.8) is 0 Å². The van der Waals surface area contributed by atoms with Gasteiger partial charge < -0.3 is 10.2 Å². The van der Waals surface area contributed by atoms with Gasteiger partial charge in [-0.15, -0.1) is 12.7 Å². The van der Waals surface area contributed by atoms with Gasteiger partial charge in [-0.2, -0.15) is 0 Å². The third-order valence-electron chi connectivity index (χ3n) is 3.80. The number of carbonyl (C=O) groups excluding carboxylic acids is 3. The maximum atomic E-state index is 12.4. The van der Waals surface area contributed by atoms with E-state index in [1.165, 1.54) is 4.90 Å². The molecule has 1 N–H and O–H groups in total. The van der Waals surface area contributed by atoms with Crippen molar-refractivity contribution in [1.29, 1.82) is 0 Å². The molecular weight excluding hydrogens is 258 g/mol. The number of imide groups is 1. The molecule has 2 aliphatic rings. The molecule has 2 heterocycles. The van der Waals surface area contributed by atoms with Crippen molar-refractivity contribution in [3.8, 4) is 0 Å². The number of hydrogen-bond donors (Lipinski definition) is 1. The highest BCUT2D eigenvalue weighted by Gasteiger charge is 2.38. The van der Waals surface area contributed by atoms with E-state index in [1.807, 2.05) is 6.07 Å². The van der Waals surface area contributed by atoms with Crippen LogP contribution >= 0.6 is 0 Å². The summed E-state index contributed by atoms with van der Waals surface area (Å²) >= 11 is 0. The molecule has 6 heteroatoms. The van der Waals surface area contributed by atoms with Gasteiger partial charge in [0.05, 0.1) is 0 Å². The van der Waals surface area contributed by atoms with Crippen LogP contribution in [0, 0.1) is 0 Å². The lowest BCUT2D eigenvalue weighted by Gasteiger charge is -2.29. The second-order valence-electron chi connectivity index (χ2n) is 4.93. The maximum Gasteiger partial charge on any atom is 0.255 e. The Labute approximate surface area is 116 Å². The molecule has 1 atom stereocenters. The summed E-state index contributed by atoms with van der Waals surface area (Å²) in [5, 5.41) is 6.44. The summed E-state index contributed by atoms with van der Waals surface area (Å²) in [5.41, 5.74) is 2.22. The molecule has 6 nitrogen and oxygen atoms in total. The van der Waals surface area contributed by atoms with Gasteiger partial charge in [-0.05, 0) is 18.1 Å². The van der Waals surface area contributed by atoms with Crippen molar-refractivity contribution >= 4 is 23.4 Å². The van der Waals surface area contributed by atoms with Crippen molar-refractivity contribution in [2.45, 2.75) is 25.4 Å². The van der Waals surface area contributed by atoms with Gasteiger partial charge in [0.25, 0.3) is 5.91 Å². The third kappa shape index (κ3) is 1.84. The molecule has 1 aromatic carbocycles. The Morgan fingerprint density at radius 3 is 2.80 bits per heavy atom. The van der Waals surface area contributed by atoms with E-state index < -0.39 is 11.9 Å². The van der Waals surface area contributed by atoms with E-state index in [9.17, 15) is 14.4 Å². The van der Waals surface area contributed by atoms with Crippen molar-refractivity contribution in [3.05, 3.63) is 34.6 Å². The second kappa shape index (κ2) is 4.63. The molecule has 0 spiro atoms. The minimum Gasteiger partial charge on any atom is -0.687 e. The van der Waals surface area contributed by atoms with Gasteiger partial charge in [-0.25, -0.2) is 0 Å². The largest absolute Gasteiger partial charge is 0.687 e. The molecule has 0 radical (unpaired) electrons. The van der Waals surface area contributed by atoms with Crippen LogP contribution in [-0.4, -0.2) is 35.7 Å². The maximum absolute atomic E-state index is 12.4. The monoisotopic (exact) mass is 272 g/mol. The minimum absolute atomic E-state index is 0.167. The van der Waals surface area contributed by atoms with Gasteiger partial charge in [-0.3, -0.25) is 19.7 Å². The first-order valence-corrected chi connectivity index (χ1v) is 6.48. The van der Waals surface area contributed by atoms with Gasteiger partial charge in [-0.1, -0.05) is 12.1 Å². The average molecular weight is 272 g/mol. The second-order valence-corrected chi connectivity index (χ2v) is 4.93. The lowest BCUT2D eigenvalue weighted by molar-refractivity contribution is -0.136. The topological polar surface area (TPSA) is 80.6 Å². The zero-order chi connectivity index (χ0) is 14.3. The summed E-state index contributed by atoms with van der Waals surface area (Å²) in [6, 6.07) is 4.81. The molecule has 0 aromatic heterocycles. The Hall–Kier alpha value is -2.37. The van der Waals surface area contributed by atoms with Crippen LogP contribution in [0.1, 0.15) is 28.8 Å². The smallest absolute Gasteiger partial charge is 0.255 e. The predicted molar refractivity (Wildman–Crippen MR) is 71.4 cm³/mol. The normalized spacial score (nSPS) is 21.8. The zero-order valence-corrected chi connectivity index (χ0v) is 11.0. The van der Waals surface area contributed by atoms with Crippen LogP contribution in [0.3, 0.4) is 0 Å². The highest BCUT2D eigenvalue weighted by atomic mass is 16.2. The Bertz CT molecular complexity index is 612. The van der Waals surface area contributed by atoms with Crippen LogP contribution in [0.15, 0.2) is 18.2 Å². The van der Waals surface area contributed by atoms with Crippen LogP contribution in [0.25, 0.3) is 5.32 Å². The van der Waals surface area contributed by atoms with Crippen molar-refractivity contribution < 1.29 is 14.4 Å². The molecule has 0 aliphatic carbocycles. The SMILES string of the molecule is C[N-]c1cccc2c1CN(C1CCC(=O)NC1=O)C2=O. The quantitative estimate of drug-likeness (QED) is 0.818. The molecule has 1 fully saturated rings. The summed E-state index contributed by atoms with van der Waals surface area (Å²) in [7, 11) is 1.68. The first-order valence-electron chi connectivity index (χ1n) is 6.48. The number of fused-ring (bicyclic) bond motifs is 1. The summed E-state index contributed by atoms with van der Waals surface area (Å²) in [6.07, 6.45) is 0.643. The van der Waals surface area contributed by atoms with Crippen LogP contribution in [0.5, 0.6) is 0 Å². The fourth-order valence-corrected chi connectivity index (χ4v) is 2.78. The molecule has 1 aromatic rings. The van der Waals surface area contributed by atoms with Crippen LogP contribution in [0.4, 0.5) is 5.69 Å². The van der Waals surface area contributed by atoms with E-state index in [2.05, 4.69) is 10.6 Å². The number of piperidine rings is 1. The van der Waals surface area contributed by atoms with Gasteiger partial charge >= 0.3 is 0 Å². The number of carbonyl (C=O) groups is 3. The molecule has 0 saturated carbocycles. The van der Waals surface area contributed by atoms with Crippen molar-refractivity contribution in [2.24, 2.45) is 0 Å². The molecule has 20 heavy (non-hydrogen) atoms. The van der Waals surface area contributed by atoms with Gasteiger partial charge in [0.1, 0.15) is 6.04 Å². The molecule has 1 unspecified atom stereocenters. The van der Waals surface area contributed by atoms with Crippen LogP contribution < -0.4 is 5.32 Å². The molecule has 104 valence electrons. The standard InChI is InChI=1S/C14H14N3O3/c1-15-10-4-2-3-8-9(10)7-17(14(8)20)11-5-6-12(18)16-13(11)19/h2-4,11H,5-7H2,1H3,(H,16,18,19)/q-1. The van der Waals surface area contributed by atoms with Crippen LogP contribution in [0.2, 0.25) is 0 Å². The fourth-order valence-electron chi connectivity index (χ4n) is 2.78. The third-order valence-corrected chi connectivity index (χ3v) is 3.80. The Balaban J connectivity index is 1.90. The van der Waals surface area contributed by atoms with E-state index >= 15 is 0 Å². The highest BCUT2D eigenvalue weighted by molar-refractivity contribution is 6.06. The first-order chi connectivity index (χ1) is 9.61. The number of benzene rings is 1. The first kappa shape index (κ1) is 12.7. The molecule has 0 bridgehead atoms. The molecular formula is C14H14N3O3-. The predicted octanol–water partition coefficient (Wildman–Crippen LogP) is 1.08.